The maximum Gasteiger partial charge on any atom is 0.253 e. The Morgan fingerprint density at radius 2 is 1.64 bits per heavy atom. The summed E-state index contributed by atoms with van der Waals surface area (Å²) < 4.78 is 50.2. The minimum atomic E-state index is -0.996. The van der Waals surface area contributed by atoms with E-state index in [0.717, 1.165) is 12.5 Å². The van der Waals surface area contributed by atoms with E-state index in [-0.39, 0.29) is 11.9 Å². The summed E-state index contributed by atoms with van der Waals surface area (Å²) in [4.78, 5) is 19.3. The molecule has 209 valence electrons. The summed E-state index contributed by atoms with van der Waals surface area (Å²) >= 11 is -0.678. The fraction of sp³-hybridized carbons (Fsp3) is 0.464. The number of anilines is 1. The van der Waals surface area contributed by atoms with Crippen LogP contribution in [-0.4, -0.2) is 82.8 Å². The van der Waals surface area contributed by atoms with Crippen molar-refractivity contribution in [2.75, 3.05) is 62.3 Å². The number of aliphatic hydroxyl groups is 1. The zero-order chi connectivity index (χ0) is 27.1. The van der Waals surface area contributed by atoms with Crippen molar-refractivity contribution >= 4 is 22.8 Å². The van der Waals surface area contributed by atoms with Crippen LogP contribution in [0.4, 0.5) is 14.5 Å². The third-order valence-corrected chi connectivity index (χ3v) is 9.12. The highest BCUT2D eigenvalue weighted by atomic mass is 32.2. The Hall–Kier alpha value is -2.86. The number of ether oxygens (including phenoxy) is 2. The SMILES string of the molecule is O=C(c1cc2c(c(C3CCCN3c3cc(F)cc(F)c3)c1)OC(N1CCOCC1)=CC2O)N1CC[S](O)CC1. The number of halogens is 2. The molecule has 4 aliphatic heterocycles. The topological polar surface area (TPSA) is 85.7 Å². The Labute approximate surface area is 229 Å². The summed E-state index contributed by atoms with van der Waals surface area (Å²) in [7, 11) is 0. The third kappa shape index (κ3) is 5.32. The molecule has 1 amide bonds. The van der Waals surface area contributed by atoms with Crippen molar-refractivity contribution < 1.29 is 32.7 Å². The Morgan fingerprint density at radius 3 is 2.36 bits per heavy atom. The lowest BCUT2D eigenvalue weighted by atomic mass is 9.92. The fourth-order valence-electron chi connectivity index (χ4n) is 5.84. The van der Waals surface area contributed by atoms with Gasteiger partial charge in [-0.05, 0) is 37.1 Å². The van der Waals surface area contributed by atoms with Crippen LogP contribution < -0.4 is 9.64 Å². The van der Waals surface area contributed by atoms with Gasteiger partial charge in [0.1, 0.15) is 23.5 Å². The lowest BCUT2D eigenvalue weighted by Gasteiger charge is -2.36. The van der Waals surface area contributed by atoms with Gasteiger partial charge in [-0.15, -0.1) is 0 Å². The quantitative estimate of drug-likeness (QED) is 0.583. The van der Waals surface area contributed by atoms with E-state index in [1.54, 1.807) is 17.0 Å². The number of hydrogen-bond acceptors (Lipinski definition) is 7. The molecule has 8 nitrogen and oxygen atoms in total. The molecule has 0 bridgehead atoms. The first-order chi connectivity index (χ1) is 18.9. The number of fused-ring (bicyclic) bond motifs is 1. The number of nitrogens with zero attached hydrogens (tertiary/aromatic N) is 3. The van der Waals surface area contributed by atoms with Crippen LogP contribution in [0.5, 0.6) is 5.75 Å². The van der Waals surface area contributed by atoms with E-state index in [9.17, 15) is 23.2 Å². The maximum atomic E-state index is 14.2. The van der Waals surface area contributed by atoms with Gasteiger partial charge in [0.2, 0.25) is 0 Å². The van der Waals surface area contributed by atoms with Crippen LogP contribution in [0.15, 0.2) is 42.3 Å². The second-order valence-corrected chi connectivity index (χ2v) is 12.0. The summed E-state index contributed by atoms with van der Waals surface area (Å²) in [6.07, 6.45) is 2.13. The van der Waals surface area contributed by atoms with Crippen LogP contribution in [0.3, 0.4) is 0 Å². The highest BCUT2D eigenvalue weighted by Gasteiger charge is 2.36. The molecule has 2 unspecified atom stereocenters. The van der Waals surface area contributed by atoms with Gasteiger partial charge in [0, 0.05) is 78.7 Å². The van der Waals surface area contributed by atoms with Gasteiger partial charge in [0.25, 0.3) is 5.91 Å². The Bertz CT molecular complexity index is 1260. The van der Waals surface area contributed by atoms with Crippen molar-refractivity contribution in [2.45, 2.75) is 25.0 Å². The maximum absolute atomic E-state index is 14.2. The van der Waals surface area contributed by atoms with Gasteiger partial charge < -0.3 is 33.8 Å². The molecule has 3 saturated heterocycles. The summed E-state index contributed by atoms with van der Waals surface area (Å²) in [5.41, 5.74) is 2.04. The Morgan fingerprint density at radius 1 is 0.949 bits per heavy atom. The number of morpholine rings is 1. The molecule has 4 heterocycles. The second-order valence-electron chi connectivity index (χ2n) is 10.3. The van der Waals surface area contributed by atoms with E-state index in [1.165, 1.54) is 12.1 Å². The molecular weight excluding hydrogens is 528 g/mol. The summed E-state index contributed by atoms with van der Waals surface area (Å²) in [6.45, 7) is 3.86. The van der Waals surface area contributed by atoms with Crippen LogP contribution in [0, 0.1) is 11.6 Å². The van der Waals surface area contributed by atoms with E-state index in [2.05, 4.69) is 0 Å². The smallest absolute Gasteiger partial charge is 0.253 e. The predicted octanol–water partition coefficient (Wildman–Crippen LogP) is 4.10. The summed E-state index contributed by atoms with van der Waals surface area (Å²) in [5, 5.41) is 11.3. The standard InChI is InChI=1S/C28H32F2N3O5S/c29-19-14-20(30)16-21(15-19)33-3-1-2-24(33)22-12-18(28(35)32-6-10-39(36)11-7-32)13-23-25(34)17-26(38-27(22)23)31-4-8-37-9-5-31/h12-17,24-25,34,36H,1-11H2. The van der Waals surface area contributed by atoms with Crippen molar-refractivity contribution in [3.05, 3.63) is 70.6 Å². The van der Waals surface area contributed by atoms with Crippen molar-refractivity contribution in [1.82, 2.24) is 9.80 Å². The van der Waals surface area contributed by atoms with Gasteiger partial charge in [-0.25, -0.2) is 8.78 Å². The Kier molecular flexibility index (Phi) is 7.41. The molecule has 3 fully saturated rings. The van der Waals surface area contributed by atoms with E-state index in [1.807, 2.05) is 15.9 Å². The summed E-state index contributed by atoms with van der Waals surface area (Å²) in [6, 6.07) is 6.67. The van der Waals surface area contributed by atoms with Gasteiger partial charge in [-0.1, -0.05) is 11.2 Å². The van der Waals surface area contributed by atoms with Crippen LogP contribution in [-0.2, 0) is 4.74 Å². The first-order valence-electron chi connectivity index (χ1n) is 13.3. The highest BCUT2D eigenvalue weighted by Crippen LogP contribution is 2.46. The molecule has 0 saturated carbocycles. The lowest BCUT2D eigenvalue weighted by Crippen LogP contribution is -2.40. The zero-order valence-corrected chi connectivity index (χ0v) is 22.3. The van der Waals surface area contributed by atoms with E-state index >= 15 is 0 Å². The van der Waals surface area contributed by atoms with Crippen molar-refractivity contribution in [2.24, 2.45) is 0 Å². The van der Waals surface area contributed by atoms with Crippen molar-refractivity contribution in [1.29, 1.82) is 0 Å². The lowest BCUT2D eigenvalue weighted by molar-refractivity contribution is 0.0307. The Balaban J connectivity index is 1.41. The summed E-state index contributed by atoms with van der Waals surface area (Å²) in [5.74, 6) is 0.619. The molecule has 1 radical (unpaired) electrons. The molecule has 0 aromatic heterocycles. The van der Waals surface area contributed by atoms with Crippen LogP contribution in [0.1, 0.15) is 46.5 Å². The average molecular weight is 561 g/mol. The number of carbonyl (C=O) groups excluding carboxylic acids is 1. The third-order valence-electron chi connectivity index (χ3n) is 7.81. The van der Waals surface area contributed by atoms with Crippen molar-refractivity contribution in [3.63, 3.8) is 0 Å². The number of carbonyl (C=O) groups is 1. The number of aliphatic hydroxyl groups excluding tert-OH is 1. The molecule has 2 aromatic rings. The second kappa shape index (κ2) is 11.0. The minimum absolute atomic E-state index is 0.174. The fourth-order valence-corrected chi connectivity index (χ4v) is 6.90. The molecular formula is C28H32F2N3O5S. The van der Waals surface area contributed by atoms with E-state index in [4.69, 9.17) is 9.47 Å². The van der Waals surface area contributed by atoms with Crippen LogP contribution >= 0.6 is 11.2 Å². The van der Waals surface area contributed by atoms with Gasteiger partial charge in [-0.2, -0.15) is 0 Å². The van der Waals surface area contributed by atoms with Gasteiger partial charge in [0.15, 0.2) is 5.88 Å². The monoisotopic (exact) mass is 560 g/mol. The van der Waals surface area contributed by atoms with E-state index in [0.29, 0.717) is 97.9 Å². The number of rotatable bonds is 4. The van der Waals surface area contributed by atoms with Crippen LogP contribution in [0.25, 0.3) is 0 Å². The largest absolute Gasteiger partial charge is 0.441 e. The minimum Gasteiger partial charge on any atom is -0.441 e. The normalized spacial score (nSPS) is 23.9. The van der Waals surface area contributed by atoms with Crippen molar-refractivity contribution in [3.8, 4) is 5.75 Å². The highest BCUT2D eigenvalue weighted by molar-refractivity contribution is 8.12. The first kappa shape index (κ1) is 26.4. The molecule has 2 atom stereocenters. The first-order valence-corrected chi connectivity index (χ1v) is 14.9. The van der Waals surface area contributed by atoms with Gasteiger partial charge >= 0.3 is 0 Å². The number of hydrogen-bond donors (Lipinski definition) is 2. The number of amides is 1. The van der Waals surface area contributed by atoms with Crippen LogP contribution in [0.2, 0.25) is 0 Å². The predicted molar refractivity (Wildman–Crippen MR) is 144 cm³/mol. The molecule has 0 aliphatic carbocycles. The molecule has 2 aromatic carbocycles. The molecule has 11 heteroatoms. The number of benzene rings is 2. The van der Waals surface area contributed by atoms with E-state index < -0.39 is 28.9 Å². The molecule has 4 aliphatic rings. The van der Waals surface area contributed by atoms with Gasteiger partial charge in [0.05, 0.1) is 19.3 Å². The zero-order valence-electron chi connectivity index (χ0n) is 21.5. The molecule has 39 heavy (non-hydrogen) atoms. The van der Waals surface area contributed by atoms with Gasteiger partial charge in [-0.3, -0.25) is 4.79 Å². The molecule has 2 N–H and O–H groups in total. The molecule has 0 spiro atoms. The average Bonchev–Trinajstić information content (AvgIpc) is 3.42. The molecule has 6 rings (SSSR count).